The first-order valence-electron chi connectivity index (χ1n) is 7.29. The van der Waals surface area contributed by atoms with Gasteiger partial charge in [-0.1, -0.05) is 48.9 Å². The Kier molecular flexibility index (Phi) is 4.44. The molecule has 2 aromatic carbocycles. The van der Waals surface area contributed by atoms with E-state index in [4.69, 9.17) is 16.0 Å². The number of benzene rings is 2. The number of furan rings is 1. The maximum Gasteiger partial charge on any atom is 0.272 e. The number of halogens is 1. The van der Waals surface area contributed by atoms with Crippen molar-refractivity contribution in [3.05, 3.63) is 70.4 Å². The van der Waals surface area contributed by atoms with E-state index in [1.165, 1.54) is 0 Å². The number of aryl methyl sites for hydroxylation is 1. The second-order valence-corrected chi connectivity index (χ2v) is 5.37. The molecule has 0 fully saturated rings. The minimum Gasteiger partial charge on any atom is -0.460 e. The number of carbonyl (C=O) groups is 1. The van der Waals surface area contributed by atoms with E-state index in [9.17, 15) is 4.79 Å². The molecule has 0 atom stereocenters. The van der Waals surface area contributed by atoms with Gasteiger partial charge in [-0.25, -0.2) is 5.43 Å². The molecule has 1 N–H and O–H groups in total. The van der Waals surface area contributed by atoms with Gasteiger partial charge in [-0.2, -0.15) is 5.10 Å². The van der Waals surface area contributed by atoms with Gasteiger partial charge >= 0.3 is 0 Å². The Morgan fingerprint density at radius 2 is 1.96 bits per heavy atom. The van der Waals surface area contributed by atoms with E-state index in [0.717, 1.165) is 28.7 Å². The molecule has 0 bridgehead atoms. The van der Waals surface area contributed by atoms with E-state index in [-0.39, 0.29) is 5.91 Å². The first kappa shape index (κ1) is 15.3. The van der Waals surface area contributed by atoms with Gasteiger partial charge in [-0.05, 0) is 18.2 Å². The standard InChI is InChI=1S/C18H15ClN2O2/c1-2-16-14(12-7-4-6-10-17(12)23-16)11-20-21-18(22)13-8-3-5-9-15(13)19/h3-11H,2H2,1H3,(H,21,22)/b20-11-. The van der Waals surface area contributed by atoms with Crippen LogP contribution in [0.25, 0.3) is 11.0 Å². The van der Waals surface area contributed by atoms with Crippen LogP contribution in [0.3, 0.4) is 0 Å². The third-order valence-electron chi connectivity index (χ3n) is 3.51. The molecule has 0 saturated heterocycles. The molecule has 0 aliphatic carbocycles. The summed E-state index contributed by atoms with van der Waals surface area (Å²) >= 11 is 6.00. The Bertz CT molecular complexity index is 884. The van der Waals surface area contributed by atoms with E-state index in [1.54, 1.807) is 30.5 Å². The summed E-state index contributed by atoms with van der Waals surface area (Å²) in [6, 6.07) is 14.6. The predicted molar refractivity (Wildman–Crippen MR) is 92.1 cm³/mol. The zero-order valence-corrected chi connectivity index (χ0v) is 13.3. The molecule has 1 amide bonds. The van der Waals surface area contributed by atoms with Crippen molar-refractivity contribution < 1.29 is 9.21 Å². The molecule has 0 radical (unpaired) electrons. The highest BCUT2D eigenvalue weighted by molar-refractivity contribution is 6.33. The van der Waals surface area contributed by atoms with Crippen LogP contribution in [0.5, 0.6) is 0 Å². The Morgan fingerprint density at radius 3 is 2.74 bits per heavy atom. The highest BCUT2D eigenvalue weighted by Crippen LogP contribution is 2.24. The number of hydrazone groups is 1. The molecule has 1 heterocycles. The van der Waals surface area contributed by atoms with Gasteiger partial charge in [0.2, 0.25) is 0 Å². The van der Waals surface area contributed by atoms with Gasteiger partial charge in [-0.3, -0.25) is 4.79 Å². The lowest BCUT2D eigenvalue weighted by Crippen LogP contribution is -2.18. The number of para-hydroxylation sites is 1. The highest BCUT2D eigenvalue weighted by atomic mass is 35.5. The van der Waals surface area contributed by atoms with Gasteiger partial charge in [0.05, 0.1) is 16.8 Å². The van der Waals surface area contributed by atoms with Crippen LogP contribution >= 0.6 is 11.6 Å². The summed E-state index contributed by atoms with van der Waals surface area (Å²) in [7, 11) is 0. The number of amides is 1. The molecule has 23 heavy (non-hydrogen) atoms. The average Bonchev–Trinajstić information content (AvgIpc) is 2.93. The molecule has 5 heteroatoms. The Morgan fingerprint density at radius 1 is 1.22 bits per heavy atom. The van der Waals surface area contributed by atoms with Gasteiger partial charge < -0.3 is 4.42 Å². The Balaban J connectivity index is 1.84. The molecule has 3 rings (SSSR count). The van der Waals surface area contributed by atoms with Gasteiger partial charge in [-0.15, -0.1) is 0 Å². The molecule has 0 spiro atoms. The van der Waals surface area contributed by atoms with E-state index in [0.29, 0.717) is 10.6 Å². The fraction of sp³-hybridized carbons (Fsp3) is 0.111. The van der Waals surface area contributed by atoms with Crippen molar-refractivity contribution in [1.29, 1.82) is 0 Å². The second kappa shape index (κ2) is 6.67. The summed E-state index contributed by atoms with van der Waals surface area (Å²) in [6.45, 7) is 2.01. The van der Waals surface area contributed by atoms with Crippen molar-refractivity contribution in [2.24, 2.45) is 5.10 Å². The maximum absolute atomic E-state index is 12.1. The number of fused-ring (bicyclic) bond motifs is 1. The molecule has 116 valence electrons. The van der Waals surface area contributed by atoms with Crippen molar-refractivity contribution in [2.45, 2.75) is 13.3 Å². The summed E-state index contributed by atoms with van der Waals surface area (Å²) in [5, 5.41) is 5.41. The number of nitrogens with zero attached hydrogens (tertiary/aromatic N) is 1. The number of rotatable bonds is 4. The molecule has 0 unspecified atom stereocenters. The van der Waals surface area contributed by atoms with E-state index in [2.05, 4.69) is 10.5 Å². The zero-order valence-electron chi connectivity index (χ0n) is 12.5. The van der Waals surface area contributed by atoms with Crippen molar-refractivity contribution in [1.82, 2.24) is 5.43 Å². The quantitative estimate of drug-likeness (QED) is 0.570. The Hall–Kier alpha value is -2.59. The first-order chi connectivity index (χ1) is 11.2. The fourth-order valence-electron chi connectivity index (χ4n) is 2.38. The first-order valence-corrected chi connectivity index (χ1v) is 7.67. The van der Waals surface area contributed by atoms with Crippen LogP contribution < -0.4 is 5.43 Å². The number of carbonyl (C=O) groups excluding carboxylic acids is 1. The van der Waals surface area contributed by atoms with E-state index >= 15 is 0 Å². The topological polar surface area (TPSA) is 54.6 Å². The molecule has 0 aliphatic rings. The predicted octanol–water partition coefficient (Wildman–Crippen LogP) is 4.41. The van der Waals surface area contributed by atoms with Gasteiger partial charge in [0.1, 0.15) is 11.3 Å². The van der Waals surface area contributed by atoms with Crippen molar-refractivity contribution in [3.63, 3.8) is 0 Å². The molecule has 3 aromatic rings. The third-order valence-corrected chi connectivity index (χ3v) is 3.84. The SMILES string of the molecule is CCc1oc2ccccc2c1/C=N\NC(=O)c1ccccc1Cl. The number of hydrogen-bond donors (Lipinski definition) is 1. The van der Waals surface area contributed by atoms with E-state index < -0.39 is 0 Å². The summed E-state index contributed by atoms with van der Waals surface area (Å²) in [4.78, 5) is 12.1. The van der Waals surface area contributed by atoms with Gasteiger partial charge in [0.15, 0.2) is 0 Å². The fourth-order valence-corrected chi connectivity index (χ4v) is 2.60. The monoisotopic (exact) mass is 326 g/mol. The van der Waals surface area contributed by atoms with Crippen LogP contribution in [0.4, 0.5) is 0 Å². The lowest BCUT2D eigenvalue weighted by atomic mass is 10.1. The van der Waals surface area contributed by atoms with Crippen LogP contribution in [-0.2, 0) is 6.42 Å². The minimum atomic E-state index is -0.349. The molecule has 0 saturated carbocycles. The van der Waals surface area contributed by atoms with Crippen LogP contribution in [0.1, 0.15) is 28.6 Å². The number of nitrogens with one attached hydrogen (secondary N) is 1. The third kappa shape index (κ3) is 3.12. The van der Waals surface area contributed by atoms with E-state index in [1.807, 2.05) is 31.2 Å². The van der Waals surface area contributed by atoms with Crippen molar-refractivity contribution in [3.8, 4) is 0 Å². The average molecular weight is 327 g/mol. The van der Waals surface area contributed by atoms with Crippen LogP contribution in [-0.4, -0.2) is 12.1 Å². The summed E-state index contributed by atoms with van der Waals surface area (Å²) < 4.78 is 5.78. The maximum atomic E-state index is 12.1. The van der Waals surface area contributed by atoms with Crippen molar-refractivity contribution >= 4 is 34.7 Å². The smallest absolute Gasteiger partial charge is 0.272 e. The lowest BCUT2D eigenvalue weighted by Gasteiger charge is -2.01. The molecular weight excluding hydrogens is 312 g/mol. The summed E-state index contributed by atoms with van der Waals surface area (Å²) in [5.74, 6) is 0.486. The lowest BCUT2D eigenvalue weighted by molar-refractivity contribution is 0.0955. The van der Waals surface area contributed by atoms with Gasteiger partial charge in [0, 0.05) is 17.4 Å². The summed E-state index contributed by atoms with van der Waals surface area (Å²) in [5.41, 5.74) is 4.57. The largest absolute Gasteiger partial charge is 0.460 e. The number of hydrogen-bond acceptors (Lipinski definition) is 3. The molecule has 4 nitrogen and oxygen atoms in total. The molecule has 1 aromatic heterocycles. The zero-order chi connectivity index (χ0) is 16.2. The van der Waals surface area contributed by atoms with Crippen LogP contribution in [0, 0.1) is 0 Å². The minimum absolute atomic E-state index is 0.349. The molecule has 0 aliphatic heterocycles. The van der Waals surface area contributed by atoms with Gasteiger partial charge in [0.25, 0.3) is 5.91 Å². The summed E-state index contributed by atoms with van der Waals surface area (Å²) in [6.07, 6.45) is 2.36. The van der Waals surface area contributed by atoms with Crippen LogP contribution in [0.15, 0.2) is 58.0 Å². The Labute approximate surface area is 138 Å². The van der Waals surface area contributed by atoms with Crippen molar-refractivity contribution in [2.75, 3.05) is 0 Å². The van der Waals surface area contributed by atoms with Crippen LogP contribution in [0.2, 0.25) is 5.02 Å². The molecular formula is C18H15ClN2O2. The normalized spacial score (nSPS) is 11.2. The second-order valence-electron chi connectivity index (χ2n) is 4.97. The highest BCUT2D eigenvalue weighted by Gasteiger charge is 2.11.